The van der Waals surface area contributed by atoms with Gasteiger partial charge in [-0.25, -0.2) is 0 Å². The number of hydrogen-bond donors (Lipinski definition) is 1. The SMILES string of the molecule is CC[C@@H](C)c1ccc(NC(=O)CSc2nnc(C)n2C2CCCCC2)cc1. The minimum atomic E-state index is -0.00728. The first-order chi connectivity index (χ1) is 13.1. The number of hydrogen-bond acceptors (Lipinski definition) is 4. The van der Waals surface area contributed by atoms with Crippen molar-refractivity contribution in [3.05, 3.63) is 35.7 Å². The van der Waals surface area contributed by atoms with E-state index in [2.05, 4.69) is 46.1 Å². The van der Waals surface area contributed by atoms with Gasteiger partial charge >= 0.3 is 0 Å². The summed E-state index contributed by atoms with van der Waals surface area (Å²) < 4.78 is 2.23. The van der Waals surface area contributed by atoms with Gasteiger partial charge in [0.05, 0.1) is 5.75 Å². The van der Waals surface area contributed by atoms with Crippen molar-refractivity contribution in [3.8, 4) is 0 Å². The van der Waals surface area contributed by atoms with Gasteiger partial charge in [0.2, 0.25) is 5.91 Å². The lowest BCUT2D eigenvalue weighted by molar-refractivity contribution is -0.113. The summed E-state index contributed by atoms with van der Waals surface area (Å²) in [6.45, 7) is 6.41. The number of aromatic nitrogens is 3. The number of nitrogens with zero attached hydrogens (tertiary/aromatic N) is 3. The predicted octanol–water partition coefficient (Wildman–Crippen LogP) is 5.34. The van der Waals surface area contributed by atoms with Crippen molar-refractivity contribution in [2.75, 3.05) is 11.1 Å². The smallest absolute Gasteiger partial charge is 0.234 e. The number of thioether (sulfide) groups is 1. The fourth-order valence-electron chi connectivity index (χ4n) is 3.67. The third-order valence-corrected chi connectivity index (χ3v) is 6.43. The van der Waals surface area contributed by atoms with Gasteiger partial charge in [-0.15, -0.1) is 10.2 Å². The van der Waals surface area contributed by atoms with E-state index in [0.29, 0.717) is 17.7 Å². The molecule has 1 saturated carbocycles. The average Bonchev–Trinajstić information content (AvgIpc) is 3.07. The highest BCUT2D eigenvalue weighted by Gasteiger charge is 2.21. The van der Waals surface area contributed by atoms with E-state index >= 15 is 0 Å². The molecule has 0 saturated heterocycles. The molecule has 6 heteroatoms. The van der Waals surface area contributed by atoms with Crippen LogP contribution in [-0.4, -0.2) is 26.4 Å². The van der Waals surface area contributed by atoms with Gasteiger partial charge < -0.3 is 9.88 Å². The second-order valence-corrected chi connectivity index (χ2v) is 8.40. The number of anilines is 1. The molecule has 3 rings (SSSR count). The number of rotatable bonds is 7. The maximum absolute atomic E-state index is 12.4. The molecule has 1 aromatic heterocycles. The van der Waals surface area contributed by atoms with Crippen LogP contribution in [-0.2, 0) is 4.79 Å². The highest BCUT2D eigenvalue weighted by atomic mass is 32.2. The Labute approximate surface area is 166 Å². The van der Waals surface area contributed by atoms with E-state index in [1.807, 2.05) is 19.1 Å². The van der Waals surface area contributed by atoms with Crippen LogP contribution in [0.5, 0.6) is 0 Å². The maximum Gasteiger partial charge on any atom is 0.234 e. The minimum Gasteiger partial charge on any atom is -0.325 e. The van der Waals surface area contributed by atoms with Crippen molar-refractivity contribution in [3.63, 3.8) is 0 Å². The first kappa shape index (κ1) is 19.9. The zero-order chi connectivity index (χ0) is 19.2. The van der Waals surface area contributed by atoms with Crippen molar-refractivity contribution in [1.82, 2.24) is 14.8 Å². The van der Waals surface area contributed by atoms with E-state index in [-0.39, 0.29) is 5.91 Å². The highest BCUT2D eigenvalue weighted by molar-refractivity contribution is 7.99. The van der Waals surface area contributed by atoms with E-state index in [1.54, 1.807) is 0 Å². The molecule has 0 bridgehead atoms. The number of aryl methyl sites for hydroxylation is 1. The summed E-state index contributed by atoms with van der Waals surface area (Å²) in [7, 11) is 0. The molecule has 0 radical (unpaired) electrons. The molecule has 1 atom stereocenters. The molecular formula is C21H30N4OS. The maximum atomic E-state index is 12.4. The molecular weight excluding hydrogens is 356 g/mol. The number of carbonyl (C=O) groups is 1. The molecule has 5 nitrogen and oxygen atoms in total. The van der Waals surface area contributed by atoms with Crippen LogP contribution < -0.4 is 5.32 Å². The standard InChI is InChI=1S/C21H30N4OS/c1-4-15(2)17-10-12-18(13-11-17)22-20(26)14-27-21-24-23-16(3)25(21)19-8-6-5-7-9-19/h10-13,15,19H,4-9,14H2,1-3H3,(H,22,26)/t15-/m1/s1. The van der Waals surface area contributed by atoms with E-state index in [4.69, 9.17) is 0 Å². The lowest BCUT2D eigenvalue weighted by Gasteiger charge is -2.24. The normalized spacial score (nSPS) is 16.3. The first-order valence-corrected chi connectivity index (χ1v) is 11.0. The largest absolute Gasteiger partial charge is 0.325 e. The molecule has 0 unspecified atom stereocenters. The molecule has 1 aliphatic rings. The Kier molecular flexibility index (Phi) is 6.94. The van der Waals surface area contributed by atoms with Crippen LogP contribution in [0.1, 0.15) is 75.7 Å². The third kappa shape index (κ3) is 5.12. The highest BCUT2D eigenvalue weighted by Crippen LogP contribution is 2.32. The van der Waals surface area contributed by atoms with Crippen molar-refractivity contribution in [2.45, 2.75) is 76.4 Å². The van der Waals surface area contributed by atoms with Gasteiger partial charge in [0.15, 0.2) is 5.16 Å². The van der Waals surface area contributed by atoms with Crippen LogP contribution in [0.25, 0.3) is 0 Å². The summed E-state index contributed by atoms with van der Waals surface area (Å²) >= 11 is 1.48. The molecule has 0 aliphatic heterocycles. The van der Waals surface area contributed by atoms with Gasteiger partial charge in [-0.2, -0.15) is 0 Å². The zero-order valence-corrected chi connectivity index (χ0v) is 17.4. The molecule has 27 heavy (non-hydrogen) atoms. The minimum absolute atomic E-state index is 0.00728. The summed E-state index contributed by atoms with van der Waals surface area (Å²) in [5.41, 5.74) is 2.15. The molecule has 1 aliphatic carbocycles. The van der Waals surface area contributed by atoms with Gasteiger partial charge in [-0.1, -0.05) is 57.0 Å². The van der Waals surface area contributed by atoms with Crippen molar-refractivity contribution in [2.24, 2.45) is 0 Å². The molecule has 1 N–H and O–H groups in total. The number of nitrogens with one attached hydrogen (secondary N) is 1. The number of amides is 1. The Bertz CT molecular complexity index is 750. The Morgan fingerprint density at radius 1 is 1.22 bits per heavy atom. The van der Waals surface area contributed by atoms with Crippen LogP contribution in [0.15, 0.2) is 29.4 Å². The van der Waals surface area contributed by atoms with E-state index in [9.17, 15) is 4.79 Å². The van der Waals surface area contributed by atoms with Crippen LogP contribution in [0.2, 0.25) is 0 Å². The Morgan fingerprint density at radius 3 is 2.59 bits per heavy atom. The Morgan fingerprint density at radius 2 is 1.93 bits per heavy atom. The van der Waals surface area contributed by atoms with E-state index in [1.165, 1.54) is 49.4 Å². The van der Waals surface area contributed by atoms with Gasteiger partial charge in [0.25, 0.3) is 0 Å². The fraction of sp³-hybridized carbons (Fsp3) is 0.571. The summed E-state index contributed by atoms with van der Waals surface area (Å²) in [6, 6.07) is 8.64. The van der Waals surface area contributed by atoms with Crippen molar-refractivity contribution in [1.29, 1.82) is 0 Å². The van der Waals surface area contributed by atoms with Gasteiger partial charge in [-0.05, 0) is 49.8 Å². The molecule has 1 amide bonds. The lowest BCUT2D eigenvalue weighted by Crippen LogP contribution is -2.17. The monoisotopic (exact) mass is 386 g/mol. The van der Waals surface area contributed by atoms with Crippen molar-refractivity contribution < 1.29 is 4.79 Å². The second kappa shape index (κ2) is 9.40. The number of carbonyl (C=O) groups excluding carboxylic acids is 1. The molecule has 1 aromatic carbocycles. The Hall–Kier alpha value is -1.82. The van der Waals surface area contributed by atoms with Gasteiger partial charge in [0.1, 0.15) is 5.82 Å². The summed E-state index contributed by atoms with van der Waals surface area (Å²) in [5.74, 6) is 1.83. The van der Waals surface area contributed by atoms with Crippen LogP contribution in [0.4, 0.5) is 5.69 Å². The van der Waals surface area contributed by atoms with E-state index < -0.39 is 0 Å². The molecule has 0 spiro atoms. The molecule has 146 valence electrons. The molecule has 2 aromatic rings. The van der Waals surface area contributed by atoms with Gasteiger partial charge in [-0.3, -0.25) is 4.79 Å². The van der Waals surface area contributed by atoms with E-state index in [0.717, 1.165) is 23.1 Å². The molecule has 1 heterocycles. The lowest BCUT2D eigenvalue weighted by atomic mass is 9.95. The summed E-state index contributed by atoms with van der Waals surface area (Å²) in [6.07, 6.45) is 7.32. The van der Waals surface area contributed by atoms with Crippen LogP contribution in [0.3, 0.4) is 0 Å². The van der Waals surface area contributed by atoms with Crippen LogP contribution >= 0.6 is 11.8 Å². The second-order valence-electron chi connectivity index (χ2n) is 7.46. The summed E-state index contributed by atoms with van der Waals surface area (Å²) in [5, 5.41) is 12.4. The average molecular weight is 387 g/mol. The fourth-order valence-corrected chi connectivity index (χ4v) is 4.52. The molecule has 1 fully saturated rings. The first-order valence-electron chi connectivity index (χ1n) is 10.0. The van der Waals surface area contributed by atoms with Crippen LogP contribution in [0, 0.1) is 6.92 Å². The summed E-state index contributed by atoms with van der Waals surface area (Å²) in [4.78, 5) is 12.4. The predicted molar refractivity (Wildman–Crippen MR) is 111 cm³/mol. The Balaban J connectivity index is 1.56. The third-order valence-electron chi connectivity index (χ3n) is 5.48. The van der Waals surface area contributed by atoms with Crippen molar-refractivity contribution >= 4 is 23.4 Å². The zero-order valence-electron chi connectivity index (χ0n) is 16.6. The van der Waals surface area contributed by atoms with Gasteiger partial charge in [0, 0.05) is 11.7 Å². The topological polar surface area (TPSA) is 59.8 Å². The number of benzene rings is 1. The quantitative estimate of drug-likeness (QED) is 0.653.